The van der Waals surface area contributed by atoms with Gasteiger partial charge in [0.15, 0.2) is 0 Å². The maximum absolute atomic E-state index is 11.9. The monoisotopic (exact) mass is 321 g/mol. The smallest absolute Gasteiger partial charge is 0.267 e. The zero-order valence-corrected chi connectivity index (χ0v) is 13.7. The summed E-state index contributed by atoms with van der Waals surface area (Å²) in [6, 6.07) is 13.9. The lowest BCUT2D eigenvalue weighted by Gasteiger charge is -2.18. The molecule has 0 aliphatic carbocycles. The number of amides is 1. The number of hydrogen-bond acceptors (Lipinski definition) is 4. The number of hydrazine groups is 1. The zero-order chi connectivity index (χ0) is 17.1. The number of hydrogen-bond donors (Lipinski definition) is 1. The number of fused-ring (bicyclic) bond motifs is 1. The number of anilines is 1. The molecule has 0 saturated heterocycles. The van der Waals surface area contributed by atoms with Gasteiger partial charge in [0, 0.05) is 24.9 Å². The number of nitrogens with two attached hydrogens (primary N) is 1. The van der Waals surface area contributed by atoms with Crippen molar-refractivity contribution in [3.8, 4) is 11.1 Å². The van der Waals surface area contributed by atoms with Crippen molar-refractivity contribution < 1.29 is 9.53 Å². The van der Waals surface area contributed by atoms with Gasteiger partial charge in [-0.05, 0) is 53.3 Å². The molecular formula is C19H19N3O2. The van der Waals surface area contributed by atoms with Gasteiger partial charge in [0.25, 0.3) is 5.91 Å². The van der Waals surface area contributed by atoms with Gasteiger partial charge >= 0.3 is 0 Å². The molecule has 0 spiro atoms. The van der Waals surface area contributed by atoms with Crippen LogP contribution in [-0.2, 0) is 9.53 Å². The van der Waals surface area contributed by atoms with Crippen LogP contribution in [0.3, 0.4) is 0 Å². The number of carbonyl (C=O) groups is 1. The lowest BCUT2D eigenvalue weighted by atomic mass is 9.98. The lowest BCUT2D eigenvalue weighted by Crippen LogP contribution is -2.39. The molecule has 122 valence electrons. The standard InChI is InChI=1S/C19H19N3O2/c1-13-3-6-17(22(20)19(23)12-24-2)10-18(13)15-5-4-14-7-8-21-11-16(14)9-15/h3-11H,12,20H2,1-2H3. The van der Waals surface area contributed by atoms with E-state index in [1.165, 1.54) is 7.11 Å². The van der Waals surface area contributed by atoms with Crippen molar-refractivity contribution in [2.24, 2.45) is 5.84 Å². The van der Waals surface area contributed by atoms with Crippen molar-refractivity contribution in [2.45, 2.75) is 6.92 Å². The Balaban J connectivity index is 2.03. The summed E-state index contributed by atoms with van der Waals surface area (Å²) in [6.07, 6.45) is 3.62. The molecule has 0 aliphatic heterocycles. The molecule has 0 unspecified atom stereocenters. The minimum absolute atomic E-state index is 0.0542. The highest BCUT2D eigenvalue weighted by atomic mass is 16.5. The normalized spacial score (nSPS) is 10.8. The molecule has 3 aromatic rings. The summed E-state index contributed by atoms with van der Waals surface area (Å²) in [5.41, 5.74) is 3.82. The summed E-state index contributed by atoms with van der Waals surface area (Å²) >= 11 is 0. The number of pyridine rings is 1. The van der Waals surface area contributed by atoms with Crippen molar-refractivity contribution in [1.82, 2.24) is 4.98 Å². The van der Waals surface area contributed by atoms with Crippen LogP contribution >= 0.6 is 0 Å². The van der Waals surface area contributed by atoms with Crippen molar-refractivity contribution in [2.75, 3.05) is 18.7 Å². The van der Waals surface area contributed by atoms with Crippen molar-refractivity contribution >= 4 is 22.4 Å². The SMILES string of the molecule is COCC(=O)N(N)c1ccc(C)c(-c2ccc3ccncc3c2)c1. The number of benzene rings is 2. The van der Waals surface area contributed by atoms with E-state index in [9.17, 15) is 4.79 Å². The van der Waals surface area contributed by atoms with E-state index >= 15 is 0 Å². The van der Waals surface area contributed by atoms with Crippen molar-refractivity contribution in [3.05, 3.63) is 60.4 Å². The van der Waals surface area contributed by atoms with Crippen molar-refractivity contribution in [1.29, 1.82) is 0 Å². The molecule has 1 heterocycles. The molecule has 2 aromatic carbocycles. The Bertz CT molecular complexity index is 893. The molecule has 1 aromatic heterocycles. The number of aryl methyl sites for hydroxylation is 1. The maximum Gasteiger partial charge on any atom is 0.267 e. The summed E-state index contributed by atoms with van der Waals surface area (Å²) in [5, 5.41) is 3.33. The predicted octanol–water partition coefficient (Wildman–Crippen LogP) is 3.06. The van der Waals surface area contributed by atoms with E-state index in [-0.39, 0.29) is 12.5 Å². The Kier molecular flexibility index (Phi) is 4.55. The van der Waals surface area contributed by atoms with E-state index in [0.29, 0.717) is 5.69 Å². The highest BCUT2D eigenvalue weighted by Crippen LogP contribution is 2.29. The van der Waals surface area contributed by atoms with Crippen LogP contribution < -0.4 is 10.9 Å². The average Bonchev–Trinajstić information content (AvgIpc) is 2.61. The van der Waals surface area contributed by atoms with Crippen LogP contribution in [0.1, 0.15) is 5.56 Å². The highest BCUT2D eigenvalue weighted by molar-refractivity contribution is 5.94. The summed E-state index contributed by atoms with van der Waals surface area (Å²) in [5.74, 6) is 5.61. The topological polar surface area (TPSA) is 68.5 Å². The van der Waals surface area contributed by atoms with Crippen LogP contribution in [0.25, 0.3) is 21.9 Å². The zero-order valence-electron chi connectivity index (χ0n) is 13.7. The quantitative estimate of drug-likeness (QED) is 0.455. The highest BCUT2D eigenvalue weighted by Gasteiger charge is 2.13. The molecule has 24 heavy (non-hydrogen) atoms. The first-order chi connectivity index (χ1) is 11.6. The summed E-state index contributed by atoms with van der Waals surface area (Å²) in [6.45, 7) is 1.98. The second-order valence-corrected chi connectivity index (χ2v) is 5.63. The van der Waals surface area contributed by atoms with E-state index < -0.39 is 0 Å². The maximum atomic E-state index is 11.9. The molecule has 0 bridgehead atoms. The number of aromatic nitrogens is 1. The number of ether oxygens (including phenoxy) is 1. The van der Waals surface area contributed by atoms with Crippen LogP contribution in [0.5, 0.6) is 0 Å². The first kappa shape index (κ1) is 16.1. The first-order valence-electron chi connectivity index (χ1n) is 7.61. The van der Waals surface area contributed by atoms with Gasteiger partial charge in [0.05, 0.1) is 5.69 Å². The Morgan fingerprint density at radius 2 is 2.00 bits per heavy atom. The van der Waals surface area contributed by atoms with Gasteiger partial charge in [-0.3, -0.25) is 9.78 Å². The van der Waals surface area contributed by atoms with E-state index in [2.05, 4.69) is 23.2 Å². The fourth-order valence-electron chi connectivity index (χ4n) is 2.66. The largest absolute Gasteiger partial charge is 0.375 e. The number of rotatable bonds is 4. The molecule has 0 saturated carbocycles. The van der Waals surface area contributed by atoms with Gasteiger partial charge in [0.1, 0.15) is 6.61 Å². The van der Waals surface area contributed by atoms with Crippen LogP contribution in [0.15, 0.2) is 54.9 Å². The third-order valence-corrected chi connectivity index (χ3v) is 3.99. The number of nitrogens with zero attached hydrogens (tertiary/aromatic N) is 2. The molecule has 5 nitrogen and oxygen atoms in total. The van der Waals surface area contributed by atoms with Gasteiger partial charge in [-0.1, -0.05) is 18.2 Å². The second kappa shape index (κ2) is 6.78. The number of carbonyl (C=O) groups excluding carboxylic acids is 1. The molecule has 3 rings (SSSR count). The molecule has 2 N–H and O–H groups in total. The summed E-state index contributed by atoms with van der Waals surface area (Å²) in [4.78, 5) is 16.1. The average molecular weight is 321 g/mol. The number of methoxy groups -OCH3 is 1. The Labute approximate surface area is 140 Å². The minimum atomic E-state index is -0.296. The van der Waals surface area contributed by atoms with E-state index in [0.717, 1.165) is 32.5 Å². The molecular weight excluding hydrogens is 302 g/mol. The fourth-order valence-corrected chi connectivity index (χ4v) is 2.66. The van der Waals surface area contributed by atoms with Crippen LogP contribution in [-0.4, -0.2) is 24.6 Å². The van der Waals surface area contributed by atoms with Gasteiger partial charge in [-0.25, -0.2) is 10.9 Å². The van der Waals surface area contributed by atoms with Crippen LogP contribution in [0, 0.1) is 6.92 Å². The van der Waals surface area contributed by atoms with Crippen LogP contribution in [0.2, 0.25) is 0 Å². The minimum Gasteiger partial charge on any atom is -0.375 e. The Morgan fingerprint density at radius 3 is 2.79 bits per heavy atom. The fraction of sp³-hybridized carbons (Fsp3) is 0.158. The Hall–Kier alpha value is -2.76. The second-order valence-electron chi connectivity index (χ2n) is 5.63. The third kappa shape index (κ3) is 3.13. The summed E-state index contributed by atoms with van der Waals surface area (Å²) in [7, 11) is 1.47. The first-order valence-corrected chi connectivity index (χ1v) is 7.61. The molecule has 0 fully saturated rings. The Morgan fingerprint density at radius 1 is 1.17 bits per heavy atom. The van der Waals surface area contributed by atoms with E-state index in [1.54, 1.807) is 6.20 Å². The molecule has 1 amide bonds. The van der Waals surface area contributed by atoms with Gasteiger partial charge in [-0.15, -0.1) is 0 Å². The third-order valence-electron chi connectivity index (χ3n) is 3.99. The lowest BCUT2D eigenvalue weighted by molar-refractivity contribution is -0.122. The van der Waals surface area contributed by atoms with Gasteiger partial charge < -0.3 is 4.74 Å². The molecule has 5 heteroatoms. The van der Waals surface area contributed by atoms with E-state index in [1.807, 2.05) is 37.4 Å². The molecule has 0 atom stereocenters. The van der Waals surface area contributed by atoms with Gasteiger partial charge in [0.2, 0.25) is 0 Å². The summed E-state index contributed by atoms with van der Waals surface area (Å²) < 4.78 is 4.85. The molecule has 0 radical (unpaired) electrons. The molecule has 0 aliphatic rings. The van der Waals surface area contributed by atoms with Gasteiger partial charge in [-0.2, -0.15) is 0 Å². The van der Waals surface area contributed by atoms with Crippen molar-refractivity contribution in [3.63, 3.8) is 0 Å². The van der Waals surface area contributed by atoms with E-state index in [4.69, 9.17) is 10.6 Å². The predicted molar refractivity (Wildman–Crippen MR) is 95.5 cm³/mol. The van der Waals surface area contributed by atoms with Crippen LogP contribution in [0.4, 0.5) is 5.69 Å².